The molecule has 1 atom stereocenters. The van der Waals surface area contributed by atoms with Gasteiger partial charge in [-0.25, -0.2) is 8.42 Å². The molecule has 5 nitrogen and oxygen atoms in total. The first-order valence-corrected chi connectivity index (χ1v) is 9.55. The summed E-state index contributed by atoms with van der Waals surface area (Å²) in [6.07, 6.45) is 1.58. The molecular weight excluding hydrogens is 312 g/mol. The van der Waals surface area contributed by atoms with Gasteiger partial charge in [0.2, 0.25) is 15.9 Å². The van der Waals surface area contributed by atoms with Gasteiger partial charge in [0.05, 0.1) is 10.3 Å². The number of piperidine rings is 1. The van der Waals surface area contributed by atoms with Gasteiger partial charge in [-0.15, -0.1) is 0 Å². The molecule has 0 unspecified atom stereocenters. The number of sulfonamides is 1. The van der Waals surface area contributed by atoms with E-state index in [0.717, 1.165) is 18.4 Å². The predicted octanol–water partition coefficient (Wildman–Crippen LogP) is 1.92. The molecule has 2 fully saturated rings. The summed E-state index contributed by atoms with van der Waals surface area (Å²) in [5, 5.41) is 2.99. The number of rotatable bonds is 3. The number of amides is 1. The summed E-state index contributed by atoms with van der Waals surface area (Å²) in [6, 6.07) is 7.22. The highest BCUT2D eigenvalue weighted by molar-refractivity contribution is 7.89. The highest BCUT2D eigenvalue weighted by atomic mass is 32.2. The Kier molecular flexibility index (Phi) is 4.01. The molecule has 0 bridgehead atoms. The Morgan fingerprint density at radius 2 is 1.87 bits per heavy atom. The van der Waals surface area contributed by atoms with Crippen LogP contribution in [0.5, 0.6) is 0 Å². The molecule has 6 heteroatoms. The molecule has 23 heavy (non-hydrogen) atoms. The Balaban J connectivity index is 1.68. The van der Waals surface area contributed by atoms with Crippen molar-refractivity contribution >= 4 is 15.9 Å². The summed E-state index contributed by atoms with van der Waals surface area (Å²) in [6.45, 7) is 6.86. The summed E-state index contributed by atoms with van der Waals surface area (Å²) in [4.78, 5) is 12.0. The van der Waals surface area contributed by atoms with Crippen molar-refractivity contribution in [2.24, 2.45) is 11.3 Å². The molecule has 1 N–H and O–H groups in total. The van der Waals surface area contributed by atoms with E-state index in [9.17, 15) is 13.2 Å². The zero-order valence-corrected chi connectivity index (χ0v) is 14.7. The van der Waals surface area contributed by atoms with Gasteiger partial charge < -0.3 is 5.32 Å². The van der Waals surface area contributed by atoms with Crippen LogP contribution in [0.2, 0.25) is 0 Å². The van der Waals surface area contributed by atoms with E-state index < -0.39 is 10.0 Å². The van der Waals surface area contributed by atoms with Crippen molar-refractivity contribution in [2.75, 3.05) is 13.1 Å². The standard InChI is InChI=1S/C17H24N2O3S/c1-12-5-4-6-14(11-12)23(21,22)19-9-7-13(8-10-19)15-17(2,3)16(20)18-15/h4-6,11,13,15H,7-10H2,1-3H3,(H,18,20)/t15-/m1/s1. The van der Waals surface area contributed by atoms with Crippen LogP contribution in [0.4, 0.5) is 0 Å². The molecular formula is C17H24N2O3S. The Bertz CT molecular complexity index is 719. The minimum absolute atomic E-state index is 0.0947. The maximum Gasteiger partial charge on any atom is 0.243 e. The van der Waals surface area contributed by atoms with Gasteiger partial charge in [0.25, 0.3) is 0 Å². The van der Waals surface area contributed by atoms with Crippen LogP contribution < -0.4 is 5.32 Å². The van der Waals surface area contributed by atoms with E-state index in [1.807, 2.05) is 26.8 Å². The van der Waals surface area contributed by atoms with Gasteiger partial charge in [-0.05, 0) is 57.2 Å². The third kappa shape index (κ3) is 2.78. The normalized spacial score (nSPS) is 25.7. The largest absolute Gasteiger partial charge is 0.351 e. The first-order valence-electron chi connectivity index (χ1n) is 8.11. The highest BCUT2D eigenvalue weighted by Gasteiger charge is 2.51. The van der Waals surface area contributed by atoms with Crippen LogP contribution in [0.1, 0.15) is 32.3 Å². The molecule has 1 aromatic carbocycles. The molecule has 0 radical (unpaired) electrons. The van der Waals surface area contributed by atoms with Crippen LogP contribution in [-0.4, -0.2) is 37.8 Å². The first-order chi connectivity index (χ1) is 10.7. The lowest BCUT2D eigenvalue weighted by atomic mass is 9.68. The number of hydrogen-bond acceptors (Lipinski definition) is 3. The van der Waals surface area contributed by atoms with Crippen LogP contribution in [0.25, 0.3) is 0 Å². The Morgan fingerprint density at radius 1 is 1.22 bits per heavy atom. The number of β-lactam (4-membered cyclic amide) rings is 1. The number of hydrogen-bond donors (Lipinski definition) is 1. The molecule has 2 saturated heterocycles. The summed E-state index contributed by atoms with van der Waals surface area (Å²) < 4.78 is 27.0. The lowest BCUT2D eigenvalue weighted by molar-refractivity contribution is -0.146. The number of carbonyl (C=O) groups excluding carboxylic acids is 1. The van der Waals surface area contributed by atoms with Crippen molar-refractivity contribution in [2.45, 2.75) is 44.6 Å². The molecule has 0 aromatic heterocycles. The number of nitrogens with one attached hydrogen (secondary N) is 1. The number of carbonyl (C=O) groups is 1. The van der Waals surface area contributed by atoms with E-state index in [0.29, 0.717) is 23.9 Å². The van der Waals surface area contributed by atoms with E-state index in [-0.39, 0.29) is 17.4 Å². The fourth-order valence-corrected chi connectivity index (χ4v) is 5.23. The molecule has 2 aliphatic rings. The molecule has 1 amide bonds. The Labute approximate surface area is 138 Å². The predicted molar refractivity (Wildman–Crippen MR) is 88.4 cm³/mol. The zero-order chi connectivity index (χ0) is 16.8. The minimum Gasteiger partial charge on any atom is -0.351 e. The monoisotopic (exact) mass is 336 g/mol. The van der Waals surface area contributed by atoms with E-state index >= 15 is 0 Å². The second kappa shape index (κ2) is 5.60. The quantitative estimate of drug-likeness (QED) is 0.858. The average Bonchev–Trinajstić information content (AvgIpc) is 2.52. The molecule has 0 saturated carbocycles. The molecule has 3 rings (SSSR count). The molecule has 0 aliphatic carbocycles. The second-order valence-corrected chi connectivity index (χ2v) is 9.17. The maximum absolute atomic E-state index is 12.7. The SMILES string of the molecule is Cc1cccc(S(=O)(=O)N2CCC([C@H]3NC(=O)C3(C)C)CC2)c1. The lowest BCUT2D eigenvalue weighted by Gasteiger charge is -2.49. The van der Waals surface area contributed by atoms with Crippen molar-refractivity contribution in [3.05, 3.63) is 29.8 Å². The van der Waals surface area contributed by atoms with Crippen LogP contribution in [-0.2, 0) is 14.8 Å². The molecule has 2 aliphatic heterocycles. The number of aryl methyl sites for hydroxylation is 1. The van der Waals surface area contributed by atoms with Gasteiger partial charge in [0.1, 0.15) is 0 Å². The smallest absolute Gasteiger partial charge is 0.243 e. The van der Waals surface area contributed by atoms with Crippen LogP contribution >= 0.6 is 0 Å². The lowest BCUT2D eigenvalue weighted by Crippen LogP contribution is -2.68. The van der Waals surface area contributed by atoms with E-state index in [2.05, 4.69) is 5.32 Å². The van der Waals surface area contributed by atoms with E-state index in [4.69, 9.17) is 0 Å². The van der Waals surface area contributed by atoms with E-state index in [1.54, 1.807) is 22.5 Å². The topological polar surface area (TPSA) is 66.5 Å². The van der Waals surface area contributed by atoms with Crippen LogP contribution in [0.3, 0.4) is 0 Å². The summed E-state index contributed by atoms with van der Waals surface area (Å²) in [5.74, 6) is 0.448. The van der Waals surface area contributed by atoms with Gasteiger partial charge in [-0.2, -0.15) is 4.31 Å². The maximum atomic E-state index is 12.7. The zero-order valence-electron chi connectivity index (χ0n) is 13.9. The van der Waals surface area contributed by atoms with Gasteiger partial charge >= 0.3 is 0 Å². The highest BCUT2D eigenvalue weighted by Crippen LogP contribution is 2.39. The third-order valence-corrected chi connectivity index (χ3v) is 7.14. The molecule has 126 valence electrons. The van der Waals surface area contributed by atoms with Gasteiger partial charge in [-0.1, -0.05) is 12.1 Å². The van der Waals surface area contributed by atoms with E-state index in [1.165, 1.54) is 0 Å². The van der Waals surface area contributed by atoms with Gasteiger partial charge in [0, 0.05) is 19.1 Å². The number of nitrogens with zero attached hydrogens (tertiary/aromatic N) is 1. The average molecular weight is 336 g/mol. The Hall–Kier alpha value is -1.40. The van der Waals surface area contributed by atoms with Gasteiger partial charge in [-0.3, -0.25) is 4.79 Å². The summed E-state index contributed by atoms with van der Waals surface area (Å²) in [7, 11) is -3.42. The van der Waals surface area contributed by atoms with Crippen LogP contribution in [0.15, 0.2) is 29.2 Å². The van der Waals surface area contributed by atoms with Crippen molar-refractivity contribution in [3.8, 4) is 0 Å². The second-order valence-electron chi connectivity index (χ2n) is 7.23. The van der Waals surface area contributed by atoms with Crippen molar-refractivity contribution in [3.63, 3.8) is 0 Å². The van der Waals surface area contributed by atoms with Gasteiger partial charge in [0.15, 0.2) is 0 Å². The van der Waals surface area contributed by atoms with Crippen LogP contribution in [0, 0.1) is 18.3 Å². The molecule has 0 spiro atoms. The third-order valence-electron chi connectivity index (χ3n) is 5.25. The number of benzene rings is 1. The van der Waals surface area contributed by atoms with Crippen molar-refractivity contribution in [1.29, 1.82) is 0 Å². The molecule has 1 aromatic rings. The molecule has 2 heterocycles. The minimum atomic E-state index is -3.42. The fraction of sp³-hybridized carbons (Fsp3) is 0.588. The summed E-state index contributed by atoms with van der Waals surface area (Å²) in [5.41, 5.74) is 0.613. The fourth-order valence-electron chi connectivity index (χ4n) is 3.65. The van der Waals surface area contributed by atoms with Crippen molar-refractivity contribution in [1.82, 2.24) is 9.62 Å². The van der Waals surface area contributed by atoms with Crippen molar-refractivity contribution < 1.29 is 13.2 Å². The first kappa shape index (κ1) is 16.5. The summed E-state index contributed by atoms with van der Waals surface area (Å²) >= 11 is 0. The Morgan fingerprint density at radius 3 is 2.39 bits per heavy atom.